The monoisotopic (exact) mass is 268 g/mol. The van der Waals surface area contributed by atoms with Crippen LogP contribution in [0.5, 0.6) is 0 Å². The van der Waals surface area contributed by atoms with E-state index in [1.165, 1.54) is 15.6 Å². The van der Waals surface area contributed by atoms with Crippen LogP contribution in [0.2, 0.25) is 0 Å². The number of fused-ring (bicyclic) bond motifs is 1. The first kappa shape index (κ1) is 12.3. The van der Waals surface area contributed by atoms with Gasteiger partial charge in [-0.05, 0) is 29.9 Å². The molecule has 0 aliphatic heterocycles. The Hall–Kier alpha value is -1.71. The highest BCUT2D eigenvalue weighted by molar-refractivity contribution is 7.09. The Kier molecular flexibility index (Phi) is 3.58. The van der Waals surface area contributed by atoms with Crippen molar-refractivity contribution in [3.05, 3.63) is 64.6 Å². The Bertz CT molecular complexity index is 656. The summed E-state index contributed by atoms with van der Waals surface area (Å²) in [7, 11) is 2.00. The molecule has 1 atom stereocenters. The molecule has 1 N–H and O–H groups in total. The fraction of sp³-hybridized carbons (Fsp3) is 0.188. The van der Waals surface area contributed by atoms with Gasteiger partial charge in [0.1, 0.15) is 0 Å². The van der Waals surface area contributed by atoms with Crippen molar-refractivity contribution in [1.29, 1.82) is 0 Å². The smallest absolute Gasteiger partial charge is 0.0654 e. The maximum atomic E-state index is 4.60. The second-order valence-corrected chi connectivity index (χ2v) is 5.57. The van der Waals surface area contributed by atoms with Crippen LogP contribution in [0.4, 0.5) is 0 Å². The summed E-state index contributed by atoms with van der Waals surface area (Å²) in [5.41, 5.74) is 1.13. The third kappa shape index (κ3) is 2.53. The second-order valence-electron chi connectivity index (χ2n) is 4.54. The molecule has 0 radical (unpaired) electrons. The van der Waals surface area contributed by atoms with Crippen LogP contribution < -0.4 is 5.32 Å². The van der Waals surface area contributed by atoms with E-state index >= 15 is 0 Å². The predicted octanol–water partition coefficient (Wildman–Crippen LogP) is 3.80. The minimum atomic E-state index is 0.254. The molecule has 0 bridgehead atoms. The molecule has 0 aliphatic rings. The Morgan fingerprint density at radius 2 is 2.05 bits per heavy atom. The van der Waals surface area contributed by atoms with Gasteiger partial charge in [0.2, 0.25) is 0 Å². The fourth-order valence-electron chi connectivity index (χ4n) is 2.39. The summed E-state index contributed by atoms with van der Waals surface area (Å²) in [5.74, 6) is 0. The van der Waals surface area contributed by atoms with Crippen LogP contribution in [0.25, 0.3) is 10.8 Å². The van der Waals surface area contributed by atoms with Crippen LogP contribution >= 0.6 is 11.3 Å². The first-order valence-electron chi connectivity index (χ1n) is 6.42. The maximum absolute atomic E-state index is 4.60. The van der Waals surface area contributed by atoms with Crippen molar-refractivity contribution < 1.29 is 0 Å². The summed E-state index contributed by atoms with van der Waals surface area (Å²) in [6, 6.07) is 15.0. The number of nitrogens with zero attached hydrogens (tertiary/aromatic N) is 1. The molecule has 3 rings (SSSR count). The van der Waals surface area contributed by atoms with E-state index in [0.29, 0.717) is 0 Å². The molecule has 2 nitrogen and oxygen atoms in total. The van der Waals surface area contributed by atoms with Gasteiger partial charge >= 0.3 is 0 Å². The second kappa shape index (κ2) is 5.51. The molecule has 0 spiro atoms. The van der Waals surface area contributed by atoms with Crippen molar-refractivity contribution in [2.24, 2.45) is 0 Å². The summed E-state index contributed by atoms with van der Waals surface area (Å²) in [6.45, 7) is 0. The number of nitrogens with one attached hydrogen (secondary N) is 1. The number of likely N-dealkylation sites (N-methyl/N-ethyl adjacent to an activating group) is 1. The third-order valence-electron chi connectivity index (χ3n) is 3.37. The standard InChI is InChI=1S/C16H16N2S/c1-17-15(11-13-6-4-10-19-13)16-14-7-3-2-5-12(14)8-9-18-16/h2-10,15,17H,11H2,1H3. The SMILES string of the molecule is CNC(Cc1cccs1)c1nccc2ccccc12. The minimum absolute atomic E-state index is 0.254. The van der Waals surface area contributed by atoms with Crippen molar-refractivity contribution in [1.82, 2.24) is 10.3 Å². The molecule has 96 valence electrons. The number of benzene rings is 1. The molecular formula is C16H16N2S. The minimum Gasteiger partial charge on any atom is -0.311 e. The third-order valence-corrected chi connectivity index (χ3v) is 4.27. The van der Waals surface area contributed by atoms with Gasteiger partial charge in [-0.25, -0.2) is 0 Å². The van der Waals surface area contributed by atoms with E-state index in [1.807, 2.05) is 13.2 Å². The molecule has 3 heteroatoms. The van der Waals surface area contributed by atoms with E-state index in [4.69, 9.17) is 0 Å². The van der Waals surface area contributed by atoms with Crippen LogP contribution in [0.1, 0.15) is 16.6 Å². The lowest BCUT2D eigenvalue weighted by molar-refractivity contribution is 0.585. The number of thiophene rings is 1. The summed E-state index contributed by atoms with van der Waals surface area (Å²) in [5, 5.41) is 8.00. The van der Waals surface area contributed by atoms with Crippen LogP contribution in [0.3, 0.4) is 0 Å². The number of pyridine rings is 1. The van der Waals surface area contributed by atoms with E-state index in [1.54, 1.807) is 11.3 Å². The number of hydrogen-bond donors (Lipinski definition) is 1. The summed E-state index contributed by atoms with van der Waals surface area (Å²) in [4.78, 5) is 5.98. The van der Waals surface area contributed by atoms with Crippen molar-refractivity contribution in [3.8, 4) is 0 Å². The van der Waals surface area contributed by atoms with E-state index in [-0.39, 0.29) is 6.04 Å². The zero-order valence-electron chi connectivity index (χ0n) is 10.8. The molecule has 2 heterocycles. The quantitative estimate of drug-likeness (QED) is 0.778. The van der Waals surface area contributed by atoms with E-state index in [9.17, 15) is 0 Å². The Morgan fingerprint density at radius 3 is 2.84 bits per heavy atom. The molecule has 0 fully saturated rings. The van der Waals surface area contributed by atoms with Crippen molar-refractivity contribution in [3.63, 3.8) is 0 Å². The zero-order chi connectivity index (χ0) is 13.1. The van der Waals surface area contributed by atoms with Crippen molar-refractivity contribution >= 4 is 22.1 Å². The number of aromatic nitrogens is 1. The van der Waals surface area contributed by atoms with Crippen LogP contribution in [-0.2, 0) is 6.42 Å². The lowest BCUT2D eigenvalue weighted by Crippen LogP contribution is -2.19. The highest BCUT2D eigenvalue weighted by atomic mass is 32.1. The van der Waals surface area contributed by atoms with Crippen molar-refractivity contribution in [2.75, 3.05) is 7.05 Å². The van der Waals surface area contributed by atoms with Crippen LogP contribution in [-0.4, -0.2) is 12.0 Å². The van der Waals surface area contributed by atoms with Gasteiger partial charge < -0.3 is 5.32 Å². The zero-order valence-corrected chi connectivity index (χ0v) is 11.7. The molecule has 0 amide bonds. The first-order chi connectivity index (χ1) is 9.38. The molecule has 0 aliphatic carbocycles. The predicted molar refractivity (Wildman–Crippen MR) is 81.6 cm³/mol. The average molecular weight is 268 g/mol. The van der Waals surface area contributed by atoms with Gasteiger partial charge in [0.15, 0.2) is 0 Å². The molecular weight excluding hydrogens is 252 g/mol. The average Bonchev–Trinajstić information content (AvgIpc) is 2.97. The highest BCUT2D eigenvalue weighted by Gasteiger charge is 2.14. The molecule has 0 saturated heterocycles. The van der Waals surface area contributed by atoms with Crippen molar-refractivity contribution in [2.45, 2.75) is 12.5 Å². The summed E-state index contributed by atoms with van der Waals surface area (Å²) < 4.78 is 0. The van der Waals surface area contributed by atoms with Gasteiger partial charge in [0.25, 0.3) is 0 Å². The summed E-state index contributed by atoms with van der Waals surface area (Å²) >= 11 is 1.80. The normalized spacial score (nSPS) is 12.7. The van der Waals surface area contributed by atoms with Gasteiger partial charge in [0, 0.05) is 22.9 Å². The highest BCUT2D eigenvalue weighted by Crippen LogP contribution is 2.25. The maximum Gasteiger partial charge on any atom is 0.0654 e. The number of hydrogen-bond acceptors (Lipinski definition) is 3. The molecule has 1 aromatic carbocycles. The van der Waals surface area contributed by atoms with Gasteiger partial charge in [0.05, 0.1) is 11.7 Å². The summed E-state index contributed by atoms with van der Waals surface area (Å²) in [6.07, 6.45) is 2.88. The molecule has 19 heavy (non-hydrogen) atoms. The van der Waals surface area contributed by atoms with E-state index in [0.717, 1.165) is 12.1 Å². The molecule has 3 aromatic rings. The Morgan fingerprint density at radius 1 is 1.16 bits per heavy atom. The molecule has 0 saturated carbocycles. The molecule has 1 unspecified atom stereocenters. The Balaban J connectivity index is 2.01. The fourth-order valence-corrected chi connectivity index (χ4v) is 3.14. The van der Waals surface area contributed by atoms with Gasteiger partial charge in [-0.3, -0.25) is 4.98 Å². The topological polar surface area (TPSA) is 24.9 Å². The van der Waals surface area contributed by atoms with E-state index < -0.39 is 0 Å². The van der Waals surface area contributed by atoms with Crippen LogP contribution in [0, 0.1) is 0 Å². The first-order valence-corrected chi connectivity index (χ1v) is 7.30. The van der Waals surface area contributed by atoms with Gasteiger partial charge in [-0.15, -0.1) is 11.3 Å². The lowest BCUT2D eigenvalue weighted by atomic mass is 10.0. The Labute approximate surface area is 117 Å². The molecule has 2 aromatic heterocycles. The van der Waals surface area contributed by atoms with Gasteiger partial charge in [-0.2, -0.15) is 0 Å². The van der Waals surface area contributed by atoms with E-state index in [2.05, 4.69) is 58.1 Å². The van der Waals surface area contributed by atoms with Crippen LogP contribution in [0.15, 0.2) is 54.0 Å². The number of rotatable bonds is 4. The largest absolute Gasteiger partial charge is 0.311 e. The van der Waals surface area contributed by atoms with Gasteiger partial charge in [-0.1, -0.05) is 30.3 Å². The lowest BCUT2D eigenvalue weighted by Gasteiger charge is -2.16.